The van der Waals surface area contributed by atoms with Gasteiger partial charge in [-0.3, -0.25) is 0 Å². The summed E-state index contributed by atoms with van der Waals surface area (Å²) in [5, 5.41) is 13.9. The number of nitrogens with zero attached hydrogens (tertiary/aromatic N) is 1. The Morgan fingerprint density at radius 2 is 1.63 bits per heavy atom. The Balaban J connectivity index is 1.17. The van der Waals surface area contributed by atoms with Crippen molar-refractivity contribution < 1.29 is 28.8 Å². The summed E-state index contributed by atoms with van der Waals surface area (Å²) >= 11 is 0. The van der Waals surface area contributed by atoms with Crippen molar-refractivity contribution in [2.45, 2.75) is 37.8 Å². The molecule has 1 saturated heterocycles. The van der Waals surface area contributed by atoms with Crippen molar-refractivity contribution in [2.24, 2.45) is 0 Å². The van der Waals surface area contributed by atoms with E-state index in [0.717, 1.165) is 27.8 Å². The van der Waals surface area contributed by atoms with Gasteiger partial charge in [0.15, 0.2) is 0 Å². The van der Waals surface area contributed by atoms with Crippen molar-refractivity contribution in [3.05, 3.63) is 114 Å². The molecule has 7 nitrogen and oxygen atoms in total. The fraction of sp³-hybridized carbons (Fsp3) is 0.324. The summed E-state index contributed by atoms with van der Waals surface area (Å²) in [6, 6.07) is 32.4. The summed E-state index contributed by atoms with van der Waals surface area (Å²) in [6.07, 6.45) is -0.993. The van der Waals surface area contributed by atoms with E-state index in [1.807, 2.05) is 66.7 Å². The van der Waals surface area contributed by atoms with Crippen molar-refractivity contribution in [1.82, 2.24) is 4.90 Å². The first kappa shape index (κ1) is 28.6. The highest BCUT2D eigenvalue weighted by atomic mass is 16.6. The third kappa shape index (κ3) is 7.85. The van der Waals surface area contributed by atoms with Gasteiger partial charge in [-0.1, -0.05) is 78.9 Å². The molecule has 5 rings (SSSR count). The van der Waals surface area contributed by atoms with E-state index in [1.165, 1.54) is 10.3 Å². The molecule has 0 aromatic heterocycles. The molecule has 1 aliphatic heterocycles. The highest BCUT2D eigenvalue weighted by Crippen LogP contribution is 2.32. The lowest BCUT2D eigenvalue weighted by molar-refractivity contribution is -0.268. The molecule has 214 valence electrons. The number of likely N-dealkylation sites (tertiary alicyclic amines) is 1. The fourth-order valence-electron chi connectivity index (χ4n) is 5.23. The number of benzene rings is 4. The smallest absolute Gasteiger partial charge is 0.137 e. The first-order valence-corrected chi connectivity index (χ1v) is 14.0. The maximum Gasteiger partial charge on any atom is 0.137 e. The molecule has 4 aromatic rings. The molecule has 0 saturated carbocycles. The van der Waals surface area contributed by atoms with Gasteiger partial charge in [-0.15, -0.1) is 0 Å². The van der Waals surface area contributed by atoms with Gasteiger partial charge in [0.05, 0.1) is 25.9 Å². The number of rotatable bonds is 12. The SMILES string of the molecule is COC(COCc1ccccc1)COc1ccc(C2CCN(C(=O)[O-])CC2OCc2ccc3ccccc3c2)cc1. The van der Waals surface area contributed by atoms with E-state index in [4.69, 9.17) is 18.9 Å². The molecular weight excluding hydrogens is 518 g/mol. The van der Waals surface area contributed by atoms with Crippen LogP contribution in [-0.4, -0.2) is 56.6 Å². The normalized spacial score (nSPS) is 17.8. The fourth-order valence-corrected chi connectivity index (χ4v) is 5.23. The zero-order valence-corrected chi connectivity index (χ0v) is 23.3. The maximum absolute atomic E-state index is 11.6. The van der Waals surface area contributed by atoms with Crippen LogP contribution in [0, 0.1) is 0 Å². The minimum absolute atomic E-state index is 0.0539. The summed E-state index contributed by atoms with van der Waals surface area (Å²) in [6.45, 7) is 2.41. The van der Waals surface area contributed by atoms with Gasteiger partial charge in [-0.2, -0.15) is 0 Å². The molecular formula is C34H36NO6-. The van der Waals surface area contributed by atoms with Crippen LogP contribution in [0.15, 0.2) is 97.1 Å². The number of amides is 1. The van der Waals surface area contributed by atoms with Crippen LogP contribution in [0.2, 0.25) is 0 Å². The van der Waals surface area contributed by atoms with Crippen LogP contribution >= 0.6 is 0 Å². The molecule has 0 radical (unpaired) electrons. The lowest BCUT2D eigenvalue weighted by Gasteiger charge is -2.40. The van der Waals surface area contributed by atoms with Crippen molar-refractivity contribution >= 4 is 16.9 Å². The maximum atomic E-state index is 11.6. The molecule has 4 aromatic carbocycles. The van der Waals surface area contributed by atoms with Gasteiger partial charge in [-0.05, 0) is 52.1 Å². The van der Waals surface area contributed by atoms with E-state index in [0.29, 0.717) is 39.4 Å². The highest BCUT2D eigenvalue weighted by molar-refractivity contribution is 5.82. The average molecular weight is 555 g/mol. The molecule has 1 fully saturated rings. The van der Waals surface area contributed by atoms with E-state index in [2.05, 4.69) is 30.3 Å². The summed E-state index contributed by atoms with van der Waals surface area (Å²) in [5.41, 5.74) is 3.26. The van der Waals surface area contributed by atoms with Gasteiger partial charge in [0.1, 0.15) is 24.6 Å². The van der Waals surface area contributed by atoms with E-state index in [9.17, 15) is 9.90 Å². The van der Waals surface area contributed by atoms with Gasteiger partial charge < -0.3 is 33.7 Å². The quantitative estimate of drug-likeness (QED) is 0.241. The largest absolute Gasteiger partial charge is 0.530 e. The van der Waals surface area contributed by atoms with Crippen molar-refractivity contribution in [3.8, 4) is 5.75 Å². The Morgan fingerprint density at radius 1 is 0.878 bits per heavy atom. The monoisotopic (exact) mass is 554 g/mol. The number of ether oxygens (including phenoxy) is 4. The van der Waals surface area contributed by atoms with Crippen LogP contribution in [0.3, 0.4) is 0 Å². The summed E-state index contributed by atoms with van der Waals surface area (Å²) < 4.78 is 23.7. The first-order chi connectivity index (χ1) is 20.1. The Bertz CT molecular complexity index is 1390. The van der Waals surface area contributed by atoms with Crippen LogP contribution < -0.4 is 9.84 Å². The standard InChI is InChI=1S/C34H37NO6/c1-38-31(23-39-21-25-7-3-2-4-8-25)24-40-30-15-13-28(14-16-30)32-17-18-35(34(36)37)20-33(32)41-22-26-11-12-27-9-5-6-10-29(27)19-26/h2-16,19,31-33H,17-18,20-24H2,1H3,(H,36,37)/p-1. The average Bonchev–Trinajstić information content (AvgIpc) is 3.02. The second-order valence-electron chi connectivity index (χ2n) is 10.4. The van der Waals surface area contributed by atoms with Gasteiger partial charge in [0, 0.05) is 26.1 Å². The molecule has 0 spiro atoms. The Kier molecular flexibility index (Phi) is 9.86. The van der Waals surface area contributed by atoms with Gasteiger partial charge in [-0.25, -0.2) is 0 Å². The highest BCUT2D eigenvalue weighted by Gasteiger charge is 2.31. The van der Waals surface area contributed by atoms with Gasteiger partial charge in [0.25, 0.3) is 0 Å². The van der Waals surface area contributed by atoms with Gasteiger partial charge >= 0.3 is 0 Å². The minimum Gasteiger partial charge on any atom is -0.530 e. The number of carbonyl (C=O) groups excluding carboxylic acids is 1. The number of carbonyl (C=O) groups is 1. The molecule has 1 heterocycles. The molecule has 1 amide bonds. The number of methoxy groups -OCH3 is 1. The van der Waals surface area contributed by atoms with E-state index in [-0.39, 0.29) is 24.7 Å². The van der Waals surface area contributed by atoms with Crippen molar-refractivity contribution in [3.63, 3.8) is 0 Å². The summed E-state index contributed by atoms with van der Waals surface area (Å²) in [7, 11) is 1.65. The summed E-state index contributed by atoms with van der Waals surface area (Å²) in [5.74, 6) is 0.790. The molecule has 41 heavy (non-hydrogen) atoms. The van der Waals surface area contributed by atoms with Crippen molar-refractivity contribution in [1.29, 1.82) is 0 Å². The van der Waals surface area contributed by atoms with Crippen LogP contribution in [0.5, 0.6) is 5.75 Å². The number of fused-ring (bicyclic) bond motifs is 1. The first-order valence-electron chi connectivity index (χ1n) is 14.0. The third-order valence-corrected chi connectivity index (χ3v) is 7.59. The van der Waals surface area contributed by atoms with E-state index < -0.39 is 6.09 Å². The number of hydrogen-bond acceptors (Lipinski definition) is 6. The van der Waals surface area contributed by atoms with Crippen LogP contribution in [0.4, 0.5) is 4.79 Å². The van der Waals surface area contributed by atoms with Gasteiger partial charge in [0.2, 0.25) is 0 Å². The molecule has 7 heteroatoms. The molecule has 1 aliphatic rings. The second-order valence-corrected chi connectivity index (χ2v) is 10.4. The van der Waals surface area contributed by atoms with Crippen LogP contribution in [0.1, 0.15) is 29.0 Å². The topological polar surface area (TPSA) is 80.3 Å². The second kappa shape index (κ2) is 14.1. The molecule has 3 atom stereocenters. The number of piperidine rings is 1. The Morgan fingerprint density at radius 3 is 2.39 bits per heavy atom. The molecule has 0 bridgehead atoms. The third-order valence-electron chi connectivity index (χ3n) is 7.59. The number of carboxylic acid groups (broad SMARTS) is 1. The van der Waals surface area contributed by atoms with Crippen molar-refractivity contribution in [2.75, 3.05) is 33.4 Å². The lowest BCUT2D eigenvalue weighted by atomic mass is 9.87. The molecule has 3 unspecified atom stereocenters. The lowest BCUT2D eigenvalue weighted by Crippen LogP contribution is -2.51. The number of hydrogen-bond donors (Lipinski definition) is 0. The molecule has 0 N–H and O–H groups in total. The minimum atomic E-state index is -1.16. The predicted octanol–water partition coefficient (Wildman–Crippen LogP) is 5.17. The Hall–Kier alpha value is -3.91. The zero-order chi connectivity index (χ0) is 28.4. The van der Waals surface area contributed by atoms with E-state index in [1.54, 1.807) is 7.11 Å². The Labute approximate surface area is 241 Å². The predicted molar refractivity (Wildman–Crippen MR) is 156 cm³/mol. The zero-order valence-electron chi connectivity index (χ0n) is 23.3. The van der Waals surface area contributed by atoms with Crippen LogP contribution in [0.25, 0.3) is 10.8 Å². The van der Waals surface area contributed by atoms with E-state index >= 15 is 0 Å². The summed E-state index contributed by atoms with van der Waals surface area (Å²) in [4.78, 5) is 13.0. The van der Waals surface area contributed by atoms with Crippen LogP contribution in [-0.2, 0) is 27.4 Å². The molecule has 0 aliphatic carbocycles.